The van der Waals surface area contributed by atoms with Crippen molar-refractivity contribution >= 4 is 12.0 Å². The summed E-state index contributed by atoms with van der Waals surface area (Å²) in [6.45, 7) is 6.95. The van der Waals surface area contributed by atoms with Crippen molar-refractivity contribution in [2.75, 3.05) is 19.8 Å². The zero-order valence-electron chi connectivity index (χ0n) is 11.5. The zero-order valence-corrected chi connectivity index (χ0v) is 11.5. The number of urea groups is 1. The van der Waals surface area contributed by atoms with Gasteiger partial charge in [0, 0.05) is 19.0 Å². The zero-order chi connectivity index (χ0) is 14.5. The molecular weight excluding hydrogens is 248 g/mol. The molecule has 0 saturated heterocycles. The highest BCUT2D eigenvalue weighted by atomic mass is 16.5. The highest BCUT2D eigenvalue weighted by molar-refractivity contribution is 5.74. The van der Waals surface area contributed by atoms with Crippen molar-refractivity contribution < 1.29 is 19.4 Å². The van der Waals surface area contributed by atoms with Crippen LogP contribution < -0.4 is 10.6 Å². The Balaban J connectivity index is 3.46. The van der Waals surface area contributed by atoms with Crippen LogP contribution in [0.5, 0.6) is 0 Å². The Hall–Kier alpha value is -1.56. The van der Waals surface area contributed by atoms with Gasteiger partial charge in [0.25, 0.3) is 0 Å². The van der Waals surface area contributed by atoms with Gasteiger partial charge in [-0.1, -0.05) is 6.08 Å². The smallest absolute Gasteiger partial charge is 0.315 e. The van der Waals surface area contributed by atoms with Crippen LogP contribution >= 0.6 is 0 Å². The molecule has 1 unspecified atom stereocenters. The van der Waals surface area contributed by atoms with Gasteiger partial charge >= 0.3 is 12.0 Å². The number of rotatable bonds is 11. The predicted octanol–water partition coefficient (Wildman–Crippen LogP) is 1.52. The van der Waals surface area contributed by atoms with Crippen molar-refractivity contribution in [2.24, 2.45) is 0 Å². The number of carboxylic acids is 1. The molecule has 6 nitrogen and oxygen atoms in total. The Morgan fingerprint density at radius 1 is 1.42 bits per heavy atom. The van der Waals surface area contributed by atoms with E-state index in [9.17, 15) is 9.59 Å². The molecular formula is C13H24N2O4. The first-order chi connectivity index (χ1) is 9.06. The number of amides is 2. The standard InChI is InChI=1S/C13H24N2O4/c1-3-4-9-19-10-8-14-13(18)15-11(2)6-5-7-12(16)17/h3,11H,1,4-10H2,2H3,(H,16,17)(H2,14,15,18). The van der Waals surface area contributed by atoms with Gasteiger partial charge in [0.2, 0.25) is 0 Å². The number of hydrogen-bond acceptors (Lipinski definition) is 3. The minimum Gasteiger partial charge on any atom is -0.481 e. The second kappa shape index (κ2) is 11.5. The predicted molar refractivity (Wildman–Crippen MR) is 73.1 cm³/mol. The molecule has 0 aromatic rings. The highest BCUT2D eigenvalue weighted by Crippen LogP contribution is 2.00. The normalized spacial score (nSPS) is 11.6. The van der Waals surface area contributed by atoms with Gasteiger partial charge in [0.15, 0.2) is 0 Å². The lowest BCUT2D eigenvalue weighted by Gasteiger charge is -2.14. The summed E-state index contributed by atoms with van der Waals surface area (Å²) in [5.41, 5.74) is 0. The van der Waals surface area contributed by atoms with Gasteiger partial charge < -0.3 is 20.5 Å². The Kier molecular flexibility index (Phi) is 10.6. The summed E-state index contributed by atoms with van der Waals surface area (Å²) in [6, 6.07) is -0.295. The molecule has 0 aromatic carbocycles. The maximum absolute atomic E-state index is 11.4. The molecule has 3 N–H and O–H groups in total. The van der Waals surface area contributed by atoms with Crippen LogP contribution in [-0.4, -0.2) is 42.9 Å². The summed E-state index contributed by atoms with van der Waals surface area (Å²) in [5.74, 6) is -0.812. The van der Waals surface area contributed by atoms with Crippen molar-refractivity contribution in [1.29, 1.82) is 0 Å². The second-order valence-corrected chi connectivity index (χ2v) is 4.28. The quantitative estimate of drug-likeness (QED) is 0.393. The molecule has 0 aromatic heterocycles. The van der Waals surface area contributed by atoms with E-state index in [1.165, 1.54) is 0 Å². The van der Waals surface area contributed by atoms with Crippen LogP contribution in [0.3, 0.4) is 0 Å². The van der Waals surface area contributed by atoms with Crippen molar-refractivity contribution in [2.45, 2.75) is 38.6 Å². The van der Waals surface area contributed by atoms with E-state index in [0.717, 1.165) is 6.42 Å². The molecule has 0 saturated carbocycles. The fourth-order valence-corrected chi connectivity index (χ4v) is 1.41. The van der Waals surface area contributed by atoms with Crippen LogP contribution in [0.1, 0.15) is 32.6 Å². The molecule has 0 aliphatic heterocycles. The lowest BCUT2D eigenvalue weighted by atomic mass is 10.1. The number of ether oxygens (including phenoxy) is 1. The Labute approximate surface area is 114 Å². The minimum absolute atomic E-state index is 0.0407. The molecule has 6 heteroatoms. The first kappa shape index (κ1) is 17.4. The number of hydrogen-bond donors (Lipinski definition) is 3. The molecule has 0 aliphatic carbocycles. The number of carbonyl (C=O) groups excluding carboxylic acids is 1. The molecule has 1 atom stereocenters. The van der Waals surface area contributed by atoms with E-state index in [1.54, 1.807) is 6.08 Å². The van der Waals surface area contributed by atoms with Crippen LogP contribution in [-0.2, 0) is 9.53 Å². The third kappa shape index (κ3) is 12.7. The summed E-state index contributed by atoms with van der Waals surface area (Å²) in [5, 5.41) is 13.9. The maximum Gasteiger partial charge on any atom is 0.315 e. The first-order valence-electron chi connectivity index (χ1n) is 6.51. The lowest BCUT2D eigenvalue weighted by molar-refractivity contribution is -0.137. The summed E-state index contributed by atoms with van der Waals surface area (Å²) >= 11 is 0. The van der Waals surface area contributed by atoms with E-state index < -0.39 is 5.97 Å². The van der Waals surface area contributed by atoms with Gasteiger partial charge in [-0.3, -0.25) is 4.79 Å². The largest absolute Gasteiger partial charge is 0.481 e. The van der Waals surface area contributed by atoms with E-state index in [2.05, 4.69) is 17.2 Å². The molecule has 0 aliphatic rings. The second-order valence-electron chi connectivity index (χ2n) is 4.28. The average molecular weight is 272 g/mol. The minimum atomic E-state index is -0.812. The number of carboxylic acid groups (broad SMARTS) is 1. The molecule has 0 spiro atoms. The van der Waals surface area contributed by atoms with Gasteiger partial charge in [-0.2, -0.15) is 0 Å². The Bertz CT molecular complexity index is 282. The first-order valence-corrected chi connectivity index (χ1v) is 6.51. The van der Waals surface area contributed by atoms with E-state index in [0.29, 0.717) is 32.6 Å². The Morgan fingerprint density at radius 2 is 2.16 bits per heavy atom. The molecule has 19 heavy (non-hydrogen) atoms. The van der Waals surface area contributed by atoms with E-state index >= 15 is 0 Å². The summed E-state index contributed by atoms with van der Waals surface area (Å²) in [6.07, 6.45) is 3.91. The topological polar surface area (TPSA) is 87.7 Å². The van der Waals surface area contributed by atoms with E-state index in [1.807, 2.05) is 6.92 Å². The van der Waals surface area contributed by atoms with Crippen LogP contribution in [0.25, 0.3) is 0 Å². The molecule has 0 radical (unpaired) electrons. The van der Waals surface area contributed by atoms with Gasteiger partial charge in [0.1, 0.15) is 0 Å². The lowest BCUT2D eigenvalue weighted by Crippen LogP contribution is -2.42. The van der Waals surface area contributed by atoms with Crippen LogP contribution in [0.4, 0.5) is 4.79 Å². The molecule has 0 heterocycles. The monoisotopic (exact) mass is 272 g/mol. The highest BCUT2D eigenvalue weighted by Gasteiger charge is 2.07. The summed E-state index contributed by atoms with van der Waals surface area (Å²) < 4.78 is 5.24. The Morgan fingerprint density at radius 3 is 2.79 bits per heavy atom. The van der Waals surface area contributed by atoms with Crippen LogP contribution in [0, 0.1) is 0 Å². The maximum atomic E-state index is 11.4. The van der Waals surface area contributed by atoms with Crippen molar-refractivity contribution in [3.05, 3.63) is 12.7 Å². The molecule has 0 fully saturated rings. The third-order valence-electron chi connectivity index (χ3n) is 2.40. The molecule has 110 valence electrons. The van der Waals surface area contributed by atoms with Crippen LogP contribution in [0.15, 0.2) is 12.7 Å². The van der Waals surface area contributed by atoms with E-state index in [-0.39, 0.29) is 18.5 Å². The number of carbonyl (C=O) groups is 2. The fourth-order valence-electron chi connectivity index (χ4n) is 1.41. The summed E-state index contributed by atoms with van der Waals surface area (Å²) in [4.78, 5) is 21.8. The number of nitrogens with one attached hydrogen (secondary N) is 2. The van der Waals surface area contributed by atoms with E-state index in [4.69, 9.17) is 9.84 Å². The molecule has 0 rings (SSSR count). The van der Waals surface area contributed by atoms with Gasteiger partial charge in [-0.15, -0.1) is 6.58 Å². The van der Waals surface area contributed by atoms with Crippen molar-refractivity contribution in [3.63, 3.8) is 0 Å². The van der Waals surface area contributed by atoms with Gasteiger partial charge in [-0.05, 0) is 26.2 Å². The molecule has 0 bridgehead atoms. The van der Waals surface area contributed by atoms with Gasteiger partial charge in [-0.25, -0.2) is 4.79 Å². The SMILES string of the molecule is C=CCCOCCNC(=O)NC(C)CCCC(=O)O. The van der Waals surface area contributed by atoms with Crippen LogP contribution in [0.2, 0.25) is 0 Å². The third-order valence-corrected chi connectivity index (χ3v) is 2.40. The molecule has 2 amide bonds. The fraction of sp³-hybridized carbons (Fsp3) is 0.692. The average Bonchev–Trinajstić information content (AvgIpc) is 2.33. The van der Waals surface area contributed by atoms with Crippen molar-refractivity contribution in [3.8, 4) is 0 Å². The number of aliphatic carboxylic acids is 1. The summed E-state index contributed by atoms with van der Waals surface area (Å²) in [7, 11) is 0. The van der Waals surface area contributed by atoms with Gasteiger partial charge in [0.05, 0.1) is 13.2 Å². The van der Waals surface area contributed by atoms with Crippen molar-refractivity contribution in [1.82, 2.24) is 10.6 Å².